The van der Waals surface area contributed by atoms with Crippen LogP contribution in [0.3, 0.4) is 0 Å². The van der Waals surface area contributed by atoms with Crippen molar-refractivity contribution in [2.45, 2.75) is 24.8 Å². The van der Waals surface area contributed by atoms with Gasteiger partial charge < -0.3 is 13.9 Å². The van der Waals surface area contributed by atoms with Crippen LogP contribution in [0.5, 0.6) is 5.75 Å². The Balaban J connectivity index is 1.62. The maximum Gasteiger partial charge on any atom is 0.338 e. The molecule has 0 fully saturated rings. The summed E-state index contributed by atoms with van der Waals surface area (Å²) >= 11 is 2.77. The van der Waals surface area contributed by atoms with E-state index in [-0.39, 0.29) is 17.9 Å². The molecule has 0 aliphatic carbocycles. The second-order valence-corrected chi connectivity index (χ2v) is 10.8. The number of furan rings is 1. The Kier molecular flexibility index (Phi) is 7.95. The summed E-state index contributed by atoms with van der Waals surface area (Å²) in [5.41, 5.74) is 1.50. The van der Waals surface area contributed by atoms with E-state index in [1.165, 1.54) is 41.2 Å². The lowest BCUT2D eigenvalue weighted by molar-refractivity contribution is -0.384. The minimum absolute atomic E-state index is 0.106. The summed E-state index contributed by atoms with van der Waals surface area (Å²) in [6.45, 7) is 3.65. The van der Waals surface area contributed by atoms with Crippen molar-refractivity contribution < 1.29 is 23.6 Å². The number of nitrogens with zero attached hydrogens (tertiary/aromatic N) is 3. The van der Waals surface area contributed by atoms with E-state index in [2.05, 4.69) is 4.99 Å². The van der Waals surface area contributed by atoms with E-state index in [9.17, 15) is 19.7 Å². The number of allylic oxidation sites excluding steroid dienone is 1. The van der Waals surface area contributed by atoms with E-state index < -0.39 is 16.9 Å². The number of ether oxygens (including phenoxy) is 2. The molecule has 0 N–H and O–H groups in total. The number of benzene rings is 2. The van der Waals surface area contributed by atoms with E-state index in [1.54, 1.807) is 43.8 Å². The lowest BCUT2D eigenvalue weighted by Crippen LogP contribution is -2.39. The first-order chi connectivity index (χ1) is 19.7. The zero-order valence-electron chi connectivity index (χ0n) is 22.6. The van der Waals surface area contributed by atoms with Crippen LogP contribution >= 0.6 is 23.1 Å². The Hall–Kier alpha value is -4.42. The van der Waals surface area contributed by atoms with Crippen LogP contribution in [0.15, 0.2) is 85.0 Å². The van der Waals surface area contributed by atoms with Crippen LogP contribution in [-0.2, 0) is 9.53 Å². The van der Waals surface area contributed by atoms with Crippen LogP contribution in [0.1, 0.15) is 31.2 Å². The highest BCUT2D eigenvalue weighted by Gasteiger charge is 2.33. The van der Waals surface area contributed by atoms with E-state index in [1.807, 2.05) is 30.5 Å². The molecule has 0 bridgehead atoms. The summed E-state index contributed by atoms with van der Waals surface area (Å²) in [7, 11) is 1.47. The molecule has 2 aromatic heterocycles. The normalized spacial score (nSPS) is 14.9. The molecule has 1 aliphatic rings. The zero-order valence-corrected chi connectivity index (χ0v) is 24.2. The van der Waals surface area contributed by atoms with Crippen molar-refractivity contribution in [2.24, 2.45) is 4.99 Å². The number of hydrogen-bond acceptors (Lipinski definition) is 10. The Morgan fingerprint density at radius 1 is 1.22 bits per heavy atom. The molecular weight excluding hydrogens is 566 g/mol. The van der Waals surface area contributed by atoms with E-state index in [0.717, 1.165) is 10.5 Å². The number of methoxy groups -OCH3 is 1. The van der Waals surface area contributed by atoms with Crippen LogP contribution in [0, 0.1) is 10.1 Å². The number of carbonyl (C=O) groups excluding carboxylic acids is 1. The van der Waals surface area contributed by atoms with Crippen LogP contribution in [0.4, 0.5) is 5.69 Å². The molecule has 5 rings (SSSR count). The summed E-state index contributed by atoms with van der Waals surface area (Å²) in [5, 5.41) is 11.3. The molecule has 0 spiro atoms. The molecule has 3 heterocycles. The van der Waals surface area contributed by atoms with Crippen molar-refractivity contribution in [3.05, 3.63) is 107 Å². The molecule has 1 atom stereocenters. The van der Waals surface area contributed by atoms with Crippen molar-refractivity contribution in [1.82, 2.24) is 4.57 Å². The van der Waals surface area contributed by atoms with Crippen LogP contribution in [0.2, 0.25) is 0 Å². The fraction of sp³-hybridized carbons (Fsp3) is 0.207. The quantitative estimate of drug-likeness (QED) is 0.125. The van der Waals surface area contributed by atoms with Crippen molar-refractivity contribution in [2.75, 3.05) is 20.0 Å². The first-order valence-electron chi connectivity index (χ1n) is 12.5. The molecule has 0 amide bonds. The lowest BCUT2D eigenvalue weighted by Gasteiger charge is -2.24. The van der Waals surface area contributed by atoms with Gasteiger partial charge in [0.05, 0.1) is 46.0 Å². The van der Waals surface area contributed by atoms with Gasteiger partial charge in [-0.3, -0.25) is 19.5 Å². The Morgan fingerprint density at radius 3 is 2.63 bits per heavy atom. The largest absolute Gasteiger partial charge is 0.496 e. The Bertz CT molecular complexity index is 1870. The second kappa shape index (κ2) is 11.6. The Labute approximate surface area is 242 Å². The van der Waals surface area contributed by atoms with Gasteiger partial charge in [-0.25, -0.2) is 9.79 Å². The maximum atomic E-state index is 13.8. The third-order valence-corrected chi connectivity index (χ3v) is 8.23. The summed E-state index contributed by atoms with van der Waals surface area (Å²) in [5.74, 6) is 0.590. The van der Waals surface area contributed by atoms with E-state index >= 15 is 0 Å². The molecule has 0 radical (unpaired) electrons. The van der Waals surface area contributed by atoms with Crippen molar-refractivity contribution in [3.63, 3.8) is 0 Å². The molecule has 0 saturated carbocycles. The Morgan fingerprint density at radius 2 is 1.98 bits per heavy atom. The van der Waals surface area contributed by atoms with Gasteiger partial charge in [0.1, 0.15) is 17.3 Å². The molecule has 2 aromatic carbocycles. The molecule has 12 heteroatoms. The van der Waals surface area contributed by atoms with Gasteiger partial charge in [0.2, 0.25) is 0 Å². The maximum absolute atomic E-state index is 13.8. The number of aromatic nitrogens is 1. The monoisotopic (exact) mass is 591 g/mol. The van der Waals surface area contributed by atoms with Crippen LogP contribution in [0.25, 0.3) is 17.4 Å². The standard InChI is InChI=1S/C29H25N3O7S2/c1-5-38-28(34)25-16(2)30-29-31(26(25)17-6-10-20(40-4)11-7-17)27(33)24(41-29)15-19-9-13-23(39-19)21-14-18(32(35)36)8-12-22(21)37-3/h6-15,26H,5H2,1-4H3/b24-15-. The number of non-ortho nitro benzene ring substituents is 1. The highest BCUT2D eigenvalue weighted by molar-refractivity contribution is 7.98. The molecule has 41 heavy (non-hydrogen) atoms. The zero-order chi connectivity index (χ0) is 29.3. The van der Waals surface area contributed by atoms with Crippen LogP contribution < -0.4 is 19.6 Å². The third kappa shape index (κ3) is 5.35. The smallest absolute Gasteiger partial charge is 0.338 e. The number of hydrogen-bond donors (Lipinski definition) is 0. The third-order valence-electron chi connectivity index (χ3n) is 6.51. The van der Waals surface area contributed by atoms with Crippen molar-refractivity contribution in [1.29, 1.82) is 0 Å². The van der Waals surface area contributed by atoms with Gasteiger partial charge in [-0.15, -0.1) is 11.8 Å². The summed E-state index contributed by atoms with van der Waals surface area (Å²) < 4.78 is 18.5. The molecule has 0 saturated heterocycles. The minimum atomic E-state index is -0.718. The second-order valence-electron chi connectivity index (χ2n) is 8.92. The lowest BCUT2D eigenvalue weighted by atomic mass is 9.96. The summed E-state index contributed by atoms with van der Waals surface area (Å²) in [6.07, 6.45) is 3.57. The predicted octanol–water partition coefficient (Wildman–Crippen LogP) is 4.70. The van der Waals surface area contributed by atoms with Crippen LogP contribution in [-0.4, -0.2) is 35.4 Å². The summed E-state index contributed by atoms with van der Waals surface area (Å²) in [6, 6.07) is 14.5. The first-order valence-corrected chi connectivity index (χ1v) is 14.6. The highest BCUT2D eigenvalue weighted by atomic mass is 32.2. The van der Waals surface area contributed by atoms with Gasteiger partial charge in [-0.1, -0.05) is 23.5 Å². The van der Waals surface area contributed by atoms with Gasteiger partial charge in [0, 0.05) is 23.1 Å². The number of nitro benzene ring substituents is 1. The topological polar surface area (TPSA) is 126 Å². The number of carbonyl (C=O) groups is 1. The predicted molar refractivity (Wildman–Crippen MR) is 156 cm³/mol. The number of esters is 1. The van der Waals surface area contributed by atoms with Gasteiger partial charge in [0.15, 0.2) is 4.80 Å². The molecular formula is C29H25N3O7S2. The summed E-state index contributed by atoms with van der Waals surface area (Å²) in [4.78, 5) is 43.8. The van der Waals surface area contributed by atoms with Crippen molar-refractivity contribution >= 4 is 40.8 Å². The van der Waals surface area contributed by atoms with E-state index in [4.69, 9.17) is 13.9 Å². The number of fused-ring (bicyclic) bond motifs is 1. The van der Waals surface area contributed by atoms with Gasteiger partial charge in [-0.2, -0.15) is 0 Å². The average Bonchev–Trinajstić information content (AvgIpc) is 3.56. The fourth-order valence-corrected chi connectivity index (χ4v) is 6.03. The highest BCUT2D eigenvalue weighted by Crippen LogP contribution is 2.35. The molecule has 1 unspecified atom stereocenters. The number of nitro groups is 1. The molecule has 10 nitrogen and oxygen atoms in total. The van der Waals surface area contributed by atoms with Gasteiger partial charge in [-0.05, 0) is 56.0 Å². The molecule has 1 aliphatic heterocycles. The molecule has 4 aromatic rings. The van der Waals surface area contributed by atoms with Gasteiger partial charge in [0.25, 0.3) is 11.2 Å². The number of thiazole rings is 1. The SMILES string of the molecule is CCOC(=O)C1=C(C)N=c2s/c(=C\c3ccc(-c4cc([N+](=O)[O-])ccc4OC)o3)c(=O)n2C1c1ccc(SC)cc1. The van der Waals surface area contributed by atoms with Gasteiger partial charge >= 0.3 is 5.97 Å². The number of rotatable bonds is 8. The van der Waals surface area contributed by atoms with Crippen molar-refractivity contribution in [3.8, 4) is 17.1 Å². The first kappa shape index (κ1) is 28.1. The minimum Gasteiger partial charge on any atom is -0.496 e. The fourth-order valence-electron chi connectivity index (χ4n) is 4.60. The van der Waals surface area contributed by atoms with E-state index in [0.29, 0.717) is 43.4 Å². The molecule has 210 valence electrons. The number of thioether (sulfide) groups is 1. The average molecular weight is 592 g/mol.